The predicted molar refractivity (Wildman–Crippen MR) is 82.4 cm³/mol. The lowest BCUT2D eigenvalue weighted by atomic mass is 9.96. The number of aromatic nitrogens is 1. The monoisotopic (exact) mass is 286 g/mol. The number of piperidine rings is 1. The normalized spacial score (nSPS) is 16.3. The fraction of sp³-hybridized carbons (Fsp3) is 0.400. The molecule has 2 N–H and O–H groups in total. The molecule has 3 rings (SSSR count). The molecule has 6 nitrogen and oxygen atoms in total. The first-order valence-electron chi connectivity index (χ1n) is 7.18. The molecule has 1 aliphatic rings. The molecular weight excluding hydrogens is 268 g/mol. The maximum Gasteiger partial charge on any atom is 0.311 e. The number of nitro groups is 1. The van der Waals surface area contributed by atoms with E-state index in [1.807, 2.05) is 24.3 Å². The summed E-state index contributed by atoms with van der Waals surface area (Å²) < 4.78 is 0. The van der Waals surface area contributed by atoms with Gasteiger partial charge in [-0.2, -0.15) is 0 Å². The van der Waals surface area contributed by atoms with Gasteiger partial charge < -0.3 is 10.6 Å². The van der Waals surface area contributed by atoms with E-state index in [-0.39, 0.29) is 10.6 Å². The molecule has 2 aromatic rings. The van der Waals surface area contributed by atoms with Gasteiger partial charge in [-0.05, 0) is 31.4 Å². The van der Waals surface area contributed by atoms with E-state index in [0.717, 1.165) is 36.8 Å². The van der Waals surface area contributed by atoms with Crippen molar-refractivity contribution in [1.82, 2.24) is 4.98 Å². The van der Waals surface area contributed by atoms with Gasteiger partial charge in [0, 0.05) is 18.5 Å². The van der Waals surface area contributed by atoms with Crippen LogP contribution in [0.4, 0.5) is 11.4 Å². The molecule has 21 heavy (non-hydrogen) atoms. The maximum absolute atomic E-state index is 11.3. The van der Waals surface area contributed by atoms with E-state index >= 15 is 0 Å². The Balaban J connectivity index is 2.07. The SMILES string of the molecule is NCC1CCN(c2c([N+](=O)[O-])cnc3ccccc23)CC1. The van der Waals surface area contributed by atoms with Gasteiger partial charge >= 0.3 is 5.69 Å². The lowest BCUT2D eigenvalue weighted by Crippen LogP contribution is -2.36. The average molecular weight is 286 g/mol. The van der Waals surface area contributed by atoms with E-state index in [1.165, 1.54) is 6.20 Å². The summed E-state index contributed by atoms with van der Waals surface area (Å²) in [5, 5.41) is 12.2. The molecule has 1 aromatic carbocycles. The topological polar surface area (TPSA) is 85.3 Å². The van der Waals surface area contributed by atoms with Crippen LogP contribution in [0.25, 0.3) is 10.9 Å². The zero-order valence-electron chi connectivity index (χ0n) is 11.7. The third kappa shape index (κ3) is 2.54. The van der Waals surface area contributed by atoms with E-state index in [2.05, 4.69) is 9.88 Å². The smallest absolute Gasteiger partial charge is 0.311 e. The van der Waals surface area contributed by atoms with Gasteiger partial charge in [-0.1, -0.05) is 18.2 Å². The standard InChI is InChI=1S/C15H18N4O2/c16-9-11-5-7-18(8-6-11)15-12-3-1-2-4-13(12)17-10-14(15)19(20)21/h1-4,10-11H,5-9,16H2. The molecule has 0 saturated carbocycles. The molecule has 0 unspecified atom stereocenters. The van der Waals surface area contributed by atoms with Crippen molar-refractivity contribution in [3.63, 3.8) is 0 Å². The molecule has 2 heterocycles. The molecule has 1 fully saturated rings. The first-order valence-corrected chi connectivity index (χ1v) is 7.18. The summed E-state index contributed by atoms with van der Waals surface area (Å²) in [5.74, 6) is 0.522. The number of rotatable bonds is 3. The van der Waals surface area contributed by atoms with Crippen molar-refractivity contribution in [2.75, 3.05) is 24.5 Å². The van der Waals surface area contributed by atoms with Crippen molar-refractivity contribution >= 4 is 22.3 Å². The minimum atomic E-state index is -0.343. The Hall–Kier alpha value is -2.21. The molecule has 0 atom stereocenters. The van der Waals surface area contributed by atoms with Gasteiger partial charge in [0.15, 0.2) is 0 Å². The summed E-state index contributed by atoms with van der Waals surface area (Å²) in [6.45, 7) is 2.29. The first kappa shape index (κ1) is 13.8. The average Bonchev–Trinajstić information content (AvgIpc) is 2.53. The quantitative estimate of drug-likeness (QED) is 0.691. The maximum atomic E-state index is 11.3. The van der Waals surface area contributed by atoms with Crippen LogP contribution in [0.1, 0.15) is 12.8 Å². The summed E-state index contributed by atoms with van der Waals surface area (Å²) in [5.41, 5.74) is 7.29. The van der Waals surface area contributed by atoms with Gasteiger partial charge in [0.1, 0.15) is 11.9 Å². The molecular formula is C15H18N4O2. The summed E-state index contributed by atoms with van der Waals surface area (Å²) in [6, 6.07) is 7.57. The van der Waals surface area contributed by atoms with Crippen LogP contribution < -0.4 is 10.6 Å². The van der Waals surface area contributed by atoms with Crippen molar-refractivity contribution < 1.29 is 4.92 Å². The highest BCUT2D eigenvalue weighted by Gasteiger charge is 2.26. The minimum Gasteiger partial charge on any atom is -0.365 e. The third-order valence-electron chi connectivity index (χ3n) is 4.19. The minimum absolute atomic E-state index is 0.0832. The summed E-state index contributed by atoms with van der Waals surface area (Å²) in [7, 11) is 0. The van der Waals surface area contributed by atoms with E-state index in [9.17, 15) is 10.1 Å². The van der Waals surface area contributed by atoms with E-state index in [1.54, 1.807) is 0 Å². The molecule has 1 aliphatic heterocycles. The van der Waals surface area contributed by atoms with Crippen molar-refractivity contribution in [1.29, 1.82) is 0 Å². The van der Waals surface area contributed by atoms with Crippen LogP contribution in [0, 0.1) is 16.0 Å². The number of pyridine rings is 1. The zero-order valence-corrected chi connectivity index (χ0v) is 11.7. The fourth-order valence-electron chi connectivity index (χ4n) is 2.97. The summed E-state index contributed by atoms with van der Waals surface area (Å²) >= 11 is 0. The van der Waals surface area contributed by atoms with Crippen molar-refractivity contribution in [2.45, 2.75) is 12.8 Å². The lowest BCUT2D eigenvalue weighted by molar-refractivity contribution is -0.384. The van der Waals surface area contributed by atoms with Gasteiger partial charge in [-0.3, -0.25) is 10.1 Å². The molecule has 0 aliphatic carbocycles. The van der Waals surface area contributed by atoms with Gasteiger partial charge in [0.05, 0.1) is 10.4 Å². The van der Waals surface area contributed by atoms with Crippen LogP contribution in [0.2, 0.25) is 0 Å². The van der Waals surface area contributed by atoms with Crippen LogP contribution in [0.15, 0.2) is 30.5 Å². The number of para-hydroxylation sites is 1. The Kier molecular flexibility index (Phi) is 3.70. The second-order valence-corrected chi connectivity index (χ2v) is 5.43. The van der Waals surface area contributed by atoms with Crippen molar-refractivity contribution in [3.05, 3.63) is 40.6 Å². The second kappa shape index (κ2) is 5.65. The van der Waals surface area contributed by atoms with Crippen LogP contribution >= 0.6 is 0 Å². The molecule has 110 valence electrons. The van der Waals surface area contributed by atoms with Crippen molar-refractivity contribution in [2.24, 2.45) is 11.7 Å². The number of hydrogen-bond acceptors (Lipinski definition) is 5. The van der Waals surface area contributed by atoms with E-state index in [4.69, 9.17) is 5.73 Å². The number of fused-ring (bicyclic) bond motifs is 1. The highest BCUT2D eigenvalue weighted by Crippen LogP contribution is 2.36. The highest BCUT2D eigenvalue weighted by atomic mass is 16.6. The summed E-state index contributed by atoms with van der Waals surface area (Å²) in [6.07, 6.45) is 3.32. The molecule has 1 aromatic heterocycles. The van der Waals surface area contributed by atoms with Crippen LogP contribution in [-0.2, 0) is 0 Å². The zero-order chi connectivity index (χ0) is 14.8. The molecule has 0 radical (unpaired) electrons. The largest absolute Gasteiger partial charge is 0.365 e. The van der Waals surface area contributed by atoms with E-state index in [0.29, 0.717) is 18.2 Å². The Morgan fingerprint density at radius 3 is 2.71 bits per heavy atom. The highest BCUT2D eigenvalue weighted by molar-refractivity contribution is 5.96. The molecule has 6 heteroatoms. The van der Waals surface area contributed by atoms with Gasteiger partial charge in [-0.15, -0.1) is 0 Å². The number of nitrogens with zero attached hydrogens (tertiary/aromatic N) is 3. The van der Waals surface area contributed by atoms with Gasteiger partial charge in [-0.25, -0.2) is 4.98 Å². The Bertz CT molecular complexity index is 666. The summed E-state index contributed by atoms with van der Waals surface area (Å²) in [4.78, 5) is 17.3. The van der Waals surface area contributed by atoms with Crippen molar-refractivity contribution in [3.8, 4) is 0 Å². The molecule has 0 bridgehead atoms. The van der Waals surface area contributed by atoms with E-state index < -0.39 is 0 Å². The van der Waals surface area contributed by atoms with Crippen LogP contribution in [0.3, 0.4) is 0 Å². The van der Waals surface area contributed by atoms with Crippen LogP contribution in [-0.4, -0.2) is 29.5 Å². The predicted octanol–water partition coefficient (Wildman–Crippen LogP) is 2.32. The number of hydrogen-bond donors (Lipinski definition) is 1. The fourth-order valence-corrected chi connectivity index (χ4v) is 2.97. The third-order valence-corrected chi connectivity index (χ3v) is 4.19. The Morgan fingerprint density at radius 2 is 2.05 bits per heavy atom. The lowest BCUT2D eigenvalue weighted by Gasteiger charge is -2.33. The van der Waals surface area contributed by atoms with Crippen LogP contribution in [0.5, 0.6) is 0 Å². The van der Waals surface area contributed by atoms with Gasteiger partial charge in [0.2, 0.25) is 0 Å². The number of nitrogens with two attached hydrogens (primary N) is 1. The second-order valence-electron chi connectivity index (χ2n) is 5.43. The Labute approximate surface area is 122 Å². The van der Waals surface area contributed by atoms with Gasteiger partial charge in [0.25, 0.3) is 0 Å². The number of benzene rings is 1. The first-order chi connectivity index (χ1) is 10.2. The molecule has 1 saturated heterocycles. The Morgan fingerprint density at radius 1 is 1.33 bits per heavy atom. The number of anilines is 1. The molecule has 0 spiro atoms. The molecule has 0 amide bonds.